The van der Waals surface area contributed by atoms with Crippen molar-refractivity contribution in [2.24, 2.45) is 5.73 Å². The van der Waals surface area contributed by atoms with Crippen LogP contribution >= 0.6 is 0 Å². The number of ether oxygens (including phenoxy) is 1. The summed E-state index contributed by atoms with van der Waals surface area (Å²) in [6.07, 6.45) is -1.37. The number of halogens is 3. The Kier molecular flexibility index (Phi) is 5.40. The molecular weight excluding hydrogens is 423 g/mol. The lowest BCUT2D eigenvalue weighted by atomic mass is 10.0. The van der Waals surface area contributed by atoms with E-state index in [1.807, 2.05) is 24.3 Å². The van der Waals surface area contributed by atoms with Crippen LogP contribution in [0.2, 0.25) is 0 Å². The van der Waals surface area contributed by atoms with Crippen molar-refractivity contribution in [2.45, 2.75) is 12.8 Å². The molecule has 0 fully saturated rings. The lowest BCUT2D eigenvalue weighted by molar-refractivity contribution is -0.140. The maximum atomic E-state index is 13.4. The standard InChI is InChI=1S/C23H16F3N3O3/c24-23(25,26)20-18(10-19(21(27)30)22(31)29-20)15-3-5-17(6-4-15)32-12-13-1-2-14-7-8-28-11-16(14)9-13/h1-11H,12H2,(H2,27,30)(H,29,31). The van der Waals surface area contributed by atoms with Gasteiger partial charge in [0.15, 0.2) is 0 Å². The molecule has 4 aromatic rings. The molecule has 0 aliphatic carbocycles. The van der Waals surface area contributed by atoms with Crippen molar-refractivity contribution in [3.8, 4) is 16.9 Å². The zero-order valence-corrected chi connectivity index (χ0v) is 16.4. The van der Waals surface area contributed by atoms with Crippen molar-refractivity contribution >= 4 is 16.7 Å². The number of aromatic amines is 1. The van der Waals surface area contributed by atoms with Gasteiger partial charge in [-0.2, -0.15) is 13.2 Å². The summed E-state index contributed by atoms with van der Waals surface area (Å²) in [5, 5.41) is 2.01. The average Bonchev–Trinajstić information content (AvgIpc) is 2.77. The molecule has 0 aliphatic rings. The van der Waals surface area contributed by atoms with Gasteiger partial charge in [0, 0.05) is 23.3 Å². The molecule has 3 N–H and O–H groups in total. The van der Waals surface area contributed by atoms with Gasteiger partial charge in [-0.05, 0) is 46.8 Å². The number of nitrogens with one attached hydrogen (secondary N) is 1. The molecule has 1 amide bonds. The van der Waals surface area contributed by atoms with Gasteiger partial charge in [-0.1, -0.05) is 24.3 Å². The van der Waals surface area contributed by atoms with E-state index < -0.39 is 28.9 Å². The molecule has 0 atom stereocenters. The zero-order valence-electron chi connectivity index (χ0n) is 16.4. The Morgan fingerprint density at radius 2 is 1.78 bits per heavy atom. The Labute approximate surface area is 179 Å². The van der Waals surface area contributed by atoms with Gasteiger partial charge in [-0.3, -0.25) is 14.6 Å². The van der Waals surface area contributed by atoms with Gasteiger partial charge in [0.25, 0.3) is 11.5 Å². The fraction of sp³-hybridized carbons (Fsp3) is 0.0870. The van der Waals surface area contributed by atoms with Crippen LogP contribution in [0, 0.1) is 0 Å². The van der Waals surface area contributed by atoms with Crippen LogP contribution in [0.1, 0.15) is 21.6 Å². The van der Waals surface area contributed by atoms with Crippen LogP contribution in [0.5, 0.6) is 5.75 Å². The third-order valence-electron chi connectivity index (χ3n) is 4.87. The third kappa shape index (κ3) is 4.31. The number of pyridine rings is 2. The summed E-state index contributed by atoms with van der Waals surface area (Å²) in [6.45, 7) is 0.252. The zero-order chi connectivity index (χ0) is 22.9. The summed E-state index contributed by atoms with van der Waals surface area (Å²) in [5.41, 5.74) is 2.78. The van der Waals surface area contributed by atoms with Gasteiger partial charge in [-0.15, -0.1) is 0 Å². The van der Waals surface area contributed by atoms with E-state index in [2.05, 4.69) is 4.98 Å². The van der Waals surface area contributed by atoms with Crippen LogP contribution in [0.25, 0.3) is 21.9 Å². The largest absolute Gasteiger partial charge is 0.489 e. The maximum absolute atomic E-state index is 13.4. The molecule has 9 heteroatoms. The van der Waals surface area contributed by atoms with Gasteiger partial charge in [0.2, 0.25) is 0 Å². The number of aromatic nitrogens is 2. The minimum Gasteiger partial charge on any atom is -0.489 e. The Morgan fingerprint density at radius 1 is 1.03 bits per heavy atom. The van der Waals surface area contributed by atoms with Gasteiger partial charge >= 0.3 is 6.18 Å². The summed E-state index contributed by atoms with van der Waals surface area (Å²) in [5.74, 6) is -0.681. The molecule has 0 unspecified atom stereocenters. The number of fused-ring (bicyclic) bond motifs is 1. The Bertz CT molecular complexity index is 1360. The number of alkyl halides is 3. The van der Waals surface area contributed by atoms with E-state index in [1.165, 1.54) is 24.3 Å². The van der Waals surface area contributed by atoms with E-state index in [4.69, 9.17) is 10.5 Å². The van der Waals surface area contributed by atoms with Crippen molar-refractivity contribution in [3.63, 3.8) is 0 Å². The molecule has 4 rings (SSSR count). The molecule has 2 heterocycles. The Morgan fingerprint density at radius 3 is 2.47 bits per heavy atom. The quantitative estimate of drug-likeness (QED) is 0.485. The molecule has 0 radical (unpaired) electrons. The third-order valence-corrected chi connectivity index (χ3v) is 4.87. The predicted octanol–water partition coefficient (Wildman–Crippen LogP) is 4.29. The van der Waals surface area contributed by atoms with Gasteiger partial charge < -0.3 is 15.5 Å². The lowest BCUT2D eigenvalue weighted by Crippen LogP contribution is -2.27. The number of benzene rings is 2. The normalized spacial score (nSPS) is 11.5. The summed E-state index contributed by atoms with van der Waals surface area (Å²) in [7, 11) is 0. The summed E-state index contributed by atoms with van der Waals surface area (Å²) < 4.78 is 46.0. The highest BCUT2D eigenvalue weighted by Crippen LogP contribution is 2.35. The number of hydrogen-bond acceptors (Lipinski definition) is 4. The summed E-state index contributed by atoms with van der Waals surface area (Å²) in [6, 6.07) is 14.4. The van der Waals surface area contributed by atoms with E-state index in [0.29, 0.717) is 5.75 Å². The number of amides is 1. The molecule has 6 nitrogen and oxygen atoms in total. The first kappa shape index (κ1) is 21.1. The molecule has 0 saturated heterocycles. The minimum absolute atomic E-state index is 0.139. The maximum Gasteiger partial charge on any atom is 0.431 e. The van der Waals surface area contributed by atoms with Gasteiger partial charge in [-0.25, -0.2) is 0 Å². The molecule has 2 aromatic heterocycles. The number of H-pyrrole nitrogens is 1. The number of primary amides is 1. The molecule has 0 spiro atoms. The second-order valence-electron chi connectivity index (χ2n) is 7.03. The molecule has 0 aliphatic heterocycles. The van der Waals surface area contributed by atoms with E-state index in [9.17, 15) is 22.8 Å². The van der Waals surface area contributed by atoms with Crippen LogP contribution in [0.3, 0.4) is 0 Å². The van der Waals surface area contributed by atoms with E-state index in [0.717, 1.165) is 22.4 Å². The van der Waals surface area contributed by atoms with E-state index in [1.54, 1.807) is 17.4 Å². The molecule has 0 bridgehead atoms. The van der Waals surface area contributed by atoms with E-state index >= 15 is 0 Å². The number of carbonyl (C=O) groups is 1. The fourth-order valence-electron chi connectivity index (χ4n) is 3.29. The van der Waals surface area contributed by atoms with Crippen molar-refractivity contribution < 1.29 is 22.7 Å². The van der Waals surface area contributed by atoms with Crippen molar-refractivity contribution in [2.75, 3.05) is 0 Å². The average molecular weight is 439 g/mol. The Balaban J connectivity index is 1.59. The van der Waals surface area contributed by atoms with Gasteiger partial charge in [0.05, 0.1) is 0 Å². The second-order valence-corrected chi connectivity index (χ2v) is 7.03. The van der Waals surface area contributed by atoms with Gasteiger partial charge in [0.1, 0.15) is 23.6 Å². The van der Waals surface area contributed by atoms with Crippen molar-refractivity contribution in [1.82, 2.24) is 9.97 Å². The predicted molar refractivity (Wildman–Crippen MR) is 112 cm³/mol. The molecule has 32 heavy (non-hydrogen) atoms. The van der Waals surface area contributed by atoms with Crippen molar-refractivity contribution in [1.29, 1.82) is 0 Å². The highest BCUT2D eigenvalue weighted by Gasteiger charge is 2.36. The summed E-state index contributed by atoms with van der Waals surface area (Å²) >= 11 is 0. The molecule has 162 valence electrons. The first-order valence-electron chi connectivity index (χ1n) is 9.42. The summed E-state index contributed by atoms with van der Waals surface area (Å²) in [4.78, 5) is 29.0. The molecular formula is C23H16F3N3O3. The number of rotatable bonds is 5. The lowest BCUT2D eigenvalue weighted by Gasteiger charge is -2.14. The Hall–Kier alpha value is -4.14. The molecule has 0 saturated carbocycles. The van der Waals surface area contributed by atoms with Crippen LogP contribution in [0.4, 0.5) is 13.2 Å². The number of carbonyl (C=O) groups excluding carboxylic acids is 1. The molecule has 2 aromatic carbocycles. The number of nitrogens with two attached hydrogens (primary N) is 1. The van der Waals surface area contributed by atoms with Crippen LogP contribution in [-0.4, -0.2) is 15.9 Å². The highest BCUT2D eigenvalue weighted by atomic mass is 19.4. The van der Waals surface area contributed by atoms with Crippen LogP contribution in [0.15, 0.2) is 71.8 Å². The smallest absolute Gasteiger partial charge is 0.431 e. The van der Waals surface area contributed by atoms with Crippen LogP contribution < -0.4 is 16.0 Å². The monoisotopic (exact) mass is 439 g/mol. The second kappa shape index (κ2) is 8.18. The first-order valence-corrected chi connectivity index (χ1v) is 9.42. The number of hydrogen-bond donors (Lipinski definition) is 2. The van der Waals surface area contributed by atoms with Crippen LogP contribution in [-0.2, 0) is 12.8 Å². The topological polar surface area (TPSA) is 98.1 Å². The first-order chi connectivity index (χ1) is 15.2. The SMILES string of the molecule is NC(=O)c1cc(-c2ccc(OCc3ccc4ccncc4c3)cc2)c(C(F)(F)F)[nH]c1=O. The minimum atomic E-state index is -4.83. The highest BCUT2D eigenvalue weighted by molar-refractivity contribution is 5.94. The van der Waals surface area contributed by atoms with Crippen molar-refractivity contribution in [3.05, 3.63) is 94.2 Å². The number of nitrogens with zero attached hydrogens (tertiary/aromatic N) is 1. The van der Waals surface area contributed by atoms with E-state index in [-0.39, 0.29) is 17.7 Å². The fourth-order valence-corrected chi connectivity index (χ4v) is 3.29.